The molecule has 0 heterocycles. The summed E-state index contributed by atoms with van der Waals surface area (Å²) in [5, 5.41) is 7.30. The Kier molecular flexibility index (Phi) is 20.2. The van der Waals surface area contributed by atoms with Crippen molar-refractivity contribution in [2.75, 3.05) is 13.8 Å². The average molecular weight is 775 g/mol. The van der Waals surface area contributed by atoms with E-state index in [-0.39, 0.29) is 28.8 Å². The van der Waals surface area contributed by atoms with Gasteiger partial charge in [-0.3, -0.25) is 0 Å². The molecule has 0 N–H and O–H groups in total. The first-order valence-corrected chi connectivity index (χ1v) is 20.0. The first kappa shape index (κ1) is 41.3. The van der Waals surface area contributed by atoms with Crippen LogP contribution in [-0.4, -0.2) is 33.5 Å². The number of benzene rings is 6. The van der Waals surface area contributed by atoms with Crippen molar-refractivity contribution in [3.05, 3.63) is 182 Å². The molecule has 48 heavy (non-hydrogen) atoms. The second-order valence-electron chi connectivity index (χ2n) is 10.6. The standard InChI is InChI=1S/C28H28P2.C7H7O.C7H9P.B.Pd/c1-23(29(25-15-7-3-8-16-25)26-17-9-4-10-18-26)24(2)30(27-19-11-5-12-20-27)28-21-13-6-14-22-28;2*1-8-7-5-3-2-4-6-7;;/h3-24H,1-2H3;2-5H,1H3;2-6,8H,1H3;;/q;-1;;;/t23-,24-;;;;/m1..../s1. The zero-order chi connectivity index (χ0) is 32.4. The Morgan fingerprint density at radius 3 is 1.04 bits per heavy atom. The summed E-state index contributed by atoms with van der Waals surface area (Å²) in [6.07, 6.45) is 0. The Bertz CT molecular complexity index is 1430. The van der Waals surface area contributed by atoms with Gasteiger partial charge in [0, 0.05) is 34.6 Å². The number of hydrogen-bond acceptors (Lipinski definition) is 1. The molecule has 0 fully saturated rings. The van der Waals surface area contributed by atoms with Crippen LogP contribution in [0.15, 0.2) is 176 Å². The Balaban J connectivity index is 0.000000365. The third kappa shape index (κ3) is 12.9. The van der Waals surface area contributed by atoms with Gasteiger partial charge in [-0.2, -0.15) is 18.2 Å². The third-order valence-corrected chi connectivity index (χ3v) is 14.7. The average Bonchev–Trinajstić information content (AvgIpc) is 3.15. The largest absolute Gasteiger partial charge is 0.523 e. The molecule has 0 saturated heterocycles. The minimum Gasteiger partial charge on any atom is -0.523 e. The molecule has 0 spiro atoms. The van der Waals surface area contributed by atoms with Crippen molar-refractivity contribution in [3.8, 4) is 5.75 Å². The molecule has 0 aromatic heterocycles. The fourth-order valence-corrected chi connectivity index (χ4v) is 11.8. The van der Waals surface area contributed by atoms with Gasteiger partial charge in [-0.1, -0.05) is 174 Å². The molecule has 6 aromatic rings. The maximum Gasteiger partial charge on any atom is 0.0743 e. The van der Waals surface area contributed by atoms with E-state index in [1.54, 1.807) is 7.11 Å². The third-order valence-electron chi connectivity index (χ3n) is 7.61. The predicted molar refractivity (Wildman–Crippen MR) is 215 cm³/mol. The van der Waals surface area contributed by atoms with Crippen LogP contribution in [0.1, 0.15) is 13.8 Å². The summed E-state index contributed by atoms with van der Waals surface area (Å²) in [6, 6.07) is 65.4. The van der Waals surface area contributed by atoms with E-state index >= 15 is 0 Å². The van der Waals surface area contributed by atoms with Crippen LogP contribution in [0.2, 0.25) is 0 Å². The normalized spacial score (nSPS) is 11.5. The van der Waals surface area contributed by atoms with Gasteiger partial charge in [-0.15, -0.1) is 12.1 Å². The van der Waals surface area contributed by atoms with Crippen LogP contribution in [-0.2, 0) is 20.4 Å². The Morgan fingerprint density at radius 2 is 0.812 bits per heavy atom. The van der Waals surface area contributed by atoms with E-state index in [0.29, 0.717) is 11.3 Å². The molecule has 1 unspecified atom stereocenters. The maximum atomic E-state index is 4.86. The minimum atomic E-state index is -0.448. The summed E-state index contributed by atoms with van der Waals surface area (Å²) in [7, 11) is 1.66. The van der Waals surface area contributed by atoms with Crippen LogP contribution < -0.4 is 31.3 Å². The zero-order valence-corrected chi connectivity index (χ0v) is 32.4. The fraction of sp³-hybridized carbons (Fsp3) is 0.143. The Hall–Kier alpha value is -2.86. The predicted octanol–water partition coefficient (Wildman–Crippen LogP) is 8.76. The molecular weight excluding hydrogens is 731 g/mol. The summed E-state index contributed by atoms with van der Waals surface area (Å²) in [4.78, 5) is 0. The fourth-order valence-electron chi connectivity index (χ4n) is 5.13. The topological polar surface area (TPSA) is 9.23 Å². The minimum absolute atomic E-state index is 0. The number of hydrogen-bond donors (Lipinski definition) is 0. The van der Waals surface area contributed by atoms with Gasteiger partial charge in [-0.05, 0) is 60.3 Å². The van der Waals surface area contributed by atoms with Crippen LogP contribution in [0.3, 0.4) is 0 Å². The molecule has 6 heteroatoms. The molecular formula is C42H44BOP3Pd-. The quantitative estimate of drug-likeness (QED) is 0.0812. The van der Waals surface area contributed by atoms with E-state index in [1.807, 2.05) is 30.3 Å². The maximum absolute atomic E-state index is 4.86. The van der Waals surface area contributed by atoms with Crippen LogP contribution >= 0.6 is 24.4 Å². The SMILES string of the molecule is COc1[c-]cccc1.CPc1ccccc1.C[C@H]([C@@H](C)P(c1ccccc1)c1ccccc1)P(c1ccccc1)c1ccccc1.[B].[Pd]. The molecule has 0 aliphatic rings. The summed E-state index contributed by atoms with van der Waals surface area (Å²) >= 11 is 0. The van der Waals surface area contributed by atoms with E-state index in [4.69, 9.17) is 4.74 Å². The van der Waals surface area contributed by atoms with E-state index < -0.39 is 15.8 Å². The van der Waals surface area contributed by atoms with Crippen molar-refractivity contribution in [1.29, 1.82) is 0 Å². The molecule has 0 amide bonds. The van der Waals surface area contributed by atoms with Crippen molar-refractivity contribution >= 4 is 59.4 Å². The molecule has 6 rings (SSSR count). The van der Waals surface area contributed by atoms with Gasteiger partial charge in [0.1, 0.15) is 0 Å². The van der Waals surface area contributed by atoms with Crippen molar-refractivity contribution in [2.45, 2.75) is 25.2 Å². The Morgan fingerprint density at radius 1 is 0.500 bits per heavy atom. The molecule has 0 aliphatic carbocycles. The van der Waals surface area contributed by atoms with Gasteiger partial charge in [0.15, 0.2) is 0 Å². The van der Waals surface area contributed by atoms with Crippen molar-refractivity contribution in [2.24, 2.45) is 0 Å². The first-order valence-electron chi connectivity index (χ1n) is 15.6. The Labute approximate surface area is 309 Å². The van der Waals surface area contributed by atoms with E-state index in [2.05, 4.69) is 172 Å². The molecule has 3 atom stereocenters. The number of methoxy groups -OCH3 is 1. The van der Waals surface area contributed by atoms with E-state index in [9.17, 15) is 0 Å². The van der Waals surface area contributed by atoms with Crippen LogP contribution in [0, 0.1) is 6.07 Å². The molecule has 0 saturated carbocycles. The summed E-state index contributed by atoms with van der Waals surface area (Å²) in [5.41, 5.74) is 1.10. The molecule has 6 aromatic carbocycles. The number of ether oxygens (including phenoxy) is 1. The molecule has 0 aliphatic heterocycles. The van der Waals surface area contributed by atoms with Crippen LogP contribution in [0.4, 0.5) is 0 Å². The molecule has 3 radical (unpaired) electrons. The van der Waals surface area contributed by atoms with E-state index in [0.717, 1.165) is 14.3 Å². The monoisotopic (exact) mass is 774 g/mol. The van der Waals surface area contributed by atoms with Gasteiger partial charge in [-0.25, -0.2) is 0 Å². The molecule has 247 valence electrons. The van der Waals surface area contributed by atoms with E-state index in [1.165, 1.54) is 26.5 Å². The summed E-state index contributed by atoms with van der Waals surface area (Å²) in [5.74, 6) is 0.785. The van der Waals surface area contributed by atoms with Crippen molar-refractivity contribution in [3.63, 3.8) is 0 Å². The van der Waals surface area contributed by atoms with Gasteiger partial charge in [0.2, 0.25) is 0 Å². The van der Waals surface area contributed by atoms with Gasteiger partial charge < -0.3 is 4.74 Å². The molecule has 0 bridgehead atoms. The first-order chi connectivity index (χ1) is 22.6. The second-order valence-corrected chi connectivity index (χ2v) is 16.9. The number of para-hydroxylation sites is 1. The summed E-state index contributed by atoms with van der Waals surface area (Å²) in [6.45, 7) is 7.13. The van der Waals surface area contributed by atoms with Crippen molar-refractivity contribution < 1.29 is 25.2 Å². The summed E-state index contributed by atoms with van der Waals surface area (Å²) < 4.78 is 4.86. The van der Waals surface area contributed by atoms with Crippen LogP contribution in [0.5, 0.6) is 5.75 Å². The van der Waals surface area contributed by atoms with Gasteiger partial charge in [0.25, 0.3) is 0 Å². The van der Waals surface area contributed by atoms with Gasteiger partial charge >= 0.3 is 0 Å². The second kappa shape index (κ2) is 23.5. The van der Waals surface area contributed by atoms with Gasteiger partial charge in [0.05, 0.1) is 7.11 Å². The number of rotatable bonds is 9. The zero-order valence-electron chi connectivity index (χ0n) is 28.1. The van der Waals surface area contributed by atoms with Crippen LogP contribution in [0.25, 0.3) is 0 Å². The smallest absolute Gasteiger partial charge is 0.0743 e. The van der Waals surface area contributed by atoms with Crippen molar-refractivity contribution in [1.82, 2.24) is 0 Å². The molecule has 1 nitrogen and oxygen atoms in total.